The molecule has 0 aliphatic carbocycles. The van der Waals surface area contributed by atoms with E-state index in [0.717, 1.165) is 22.3 Å². The van der Waals surface area contributed by atoms with Crippen LogP contribution in [-0.2, 0) is 10.5 Å². The third kappa shape index (κ3) is 2.25. The fourth-order valence-electron chi connectivity index (χ4n) is 1.55. The predicted octanol–water partition coefficient (Wildman–Crippen LogP) is 4.17. The molecule has 2 nitrogen and oxygen atoms in total. The van der Waals surface area contributed by atoms with Gasteiger partial charge in [-0.2, -0.15) is 0 Å². The van der Waals surface area contributed by atoms with Crippen LogP contribution in [0.2, 0.25) is 5.02 Å². The topological polar surface area (TPSA) is 30.2 Å². The van der Waals surface area contributed by atoms with E-state index in [2.05, 4.69) is 0 Å². The van der Waals surface area contributed by atoms with Crippen molar-refractivity contribution in [2.24, 2.45) is 0 Å². The van der Waals surface area contributed by atoms with Crippen LogP contribution in [0.1, 0.15) is 18.2 Å². The summed E-state index contributed by atoms with van der Waals surface area (Å²) in [6.07, 6.45) is 0. The molecule has 1 aromatic heterocycles. The Morgan fingerprint density at radius 3 is 2.94 bits per heavy atom. The maximum Gasteiger partial charge on any atom is 0.186 e. The van der Waals surface area contributed by atoms with Gasteiger partial charge in [0, 0.05) is 17.3 Å². The van der Waals surface area contributed by atoms with Crippen LogP contribution in [0, 0.1) is 6.92 Å². The zero-order valence-corrected chi connectivity index (χ0v) is 10.6. The maximum absolute atomic E-state index is 10.9. The Kier molecular flexibility index (Phi) is 3.26. The average Bonchev–Trinajstić information content (AvgIpc) is 2.53. The molecule has 84 valence electrons. The van der Waals surface area contributed by atoms with Crippen LogP contribution in [0.25, 0.3) is 11.0 Å². The first kappa shape index (κ1) is 11.6. The van der Waals surface area contributed by atoms with E-state index < -0.39 is 0 Å². The van der Waals surface area contributed by atoms with Gasteiger partial charge in [-0.1, -0.05) is 23.4 Å². The zero-order chi connectivity index (χ0) is 11.7. The molecule has 0 amide bonds. The van der Waals surface area contributed by atoms with E-state index >= 15 is 0 Å². The van der Waals surface area contributed by atoms with Crippen molar-refractivity contribution in [2.75, 3.05) is 0 Å². The fourth-order valence-corrected chi connectivity index (χ4v) is 2.33. The first-order valence-corrected chi connectivity index (χ1v) is 6.25. The first-order chi connectivity index (χ1) is 7.58. The smallest absolute Gasteiger partial charge is 0.186 e. The number of thioether (sulfide) groups is 1. The molecule has 0 saturated heterocycles. The van der Waals surface area contributed by atoms with Gasteiger partial charge in [-0.3, -0.25) is 4.79 Å². The Hall–Kier alpha value is -0.930. The SMILES string of the molecule is CC(=O)SCc1oc2ccc(Cl)cc2c1C. The molecule has 4 heteroatoms. The lowest BCUT2D eigenvalue weighted by molar-refractivity contribution is -0.109. The fraction of sp³-hybridized carbons (Fsp3) is 0.250. The number of aryl methyl sites for hydroxylation is 1. The summed E-state index contributed by atoms with van der Waals surface area (Å²) in [6, 6.07) is 5.54. The van der Waals surface area contributed by atoms with E-state index in [4.69, 9.17) is 16.0 Å². The van der Waals surface area contributed by atoms with E-state index in [1.54, 1.807) is 13.0 Å². The summed E-state index contributed by atoms with van der Waals surface area (Å²) < 4.78 is 5.67. The number of hydrogen-bond donors (Lipinski definition) is 0. The van der Waals surface area contributed by atoms with Crippen LogP contribution >= 0.6 is 23.4 Å². The highest BCUT2D eigenvalue weighted by Crippen LogP contribution is 2.30. The molecule has 2 rings (SSSR count). The third-order valence-corrected chi connectivity index (χ3v) is 3.45. The number of fused-ring (bicyclic) bond motifs is 1. The number of carbonyl (C=O) groups is 1. The third-order valence-electron chi connectivity index (χ3n) is 2.40. The van der Waals surface area contributed by atoms with Gasteiger partial charge < -0.3 is 4.42 Å². The minimum Gasteiger partial charge on any atom is -0.460 e. The molecule has 0 radical (unpaired) electrons. The minimum atomic E-state index is 0.0953. The number of benzene rings is 1. The Balaban J connectivity index is 2.40. The lowest BCUT2D eigenvalue weighted by atomic mass is 10.1. The predicted molar refractivity (Wildman–Crippen MR) is 67.9 cm³/mol. The van der Waals surface area contributed by atoms with Crippen molar-refractivity contribution < 1.29 is 9.21 Å². The van der Waals surface area contributed by atoms with Gasteiger partial charge in [-0.25, -0.2) is 0 Å². The maximum atomic E-state index is 10.9. The number of rotatable bonds is 2. The number of furan rings is 1. The first-order valence-electron chi connectivity index (χ1n) is 4.89. The molecular formula is C12H11ClO2S. The minimum absolute atomic E-state index is 0.0953. The summed E-state index contributed by atoms with van der Waals surface area (Å²) >= 11 is 7.18. The van der Waals surface area contributed by atoms with Crippen molar-refractivity contribution in [1.29, 1.82) is 0 Å². The van der Waals surface area contributed by atoms with Gasteiger partial charge >= 0.3 is 0 Å². The Labute approximate surface area is 103 Å². The van der Waals surface area contributed by atoms with Crippen LogP contribution < -0.4 is 0 Å². The molecule has 2 aromatic rings. The molecule has 1 aromatic carbocycles. The van der Waals surface area contributed by atoms with E-state index in [-0.39, 0.29) is 5.12 Å². The molecule has 0 aliphatic heterocycles. The average molecular weight is 255 g/mol. The summed E-state index contributed by atoms with van der Waals surface area (Å²) in [6.45, 7) is 3.54. The van der Waals surface area contributed by atoms with Crippen LogP contribution in [0.15, 0.2) is 22.6 Å². The summed E-state index contributed by atoms with van der Waals surface area (Å²) in [5, 5.41) is 1.81. The van der Waals surface area contributed by atoms with Crippen molar-refractivity contribution in [1.82, 2.24) is 0 Å². The van der Waals surface area contributed by atoms with Gasteiger partial charge in [0.05, 0.1) is 5.75 Å². The number of carbonyl (C=O) groups excluding carboxylic acids is 1. The van der Waals surface area contributed by atoms with E-state index in [0.29, 0.717) is 10.8 Å². The molecule has 0 saturated carbocycles. The van der Waals surface area contributed by atoms with Gasteiger partial charge in [0.15, 0.2) is 5.12 Å². The van der Waals surface area contributed by atoms with E-state index in [1.807, 2.05) is 19.1 Å². The van der Waals surface area contributed by atoms with Gasteiger partial charge in [0.2, 0.25) is 0 Å². The van der Waals surface area contributed by atoms with Gasteiger partial charge in [-0.15, -0.1) is 0 Å². The van der Waals surface area contributed by atoms with Gasteiger partial charge in [0.1, 0.15) is 11.3 Å². The highest BCUT2D eigenvalue weighted by molar-refractivity contribution is 8.12. The molecule has 0 fully saturated rings. The second-order valence-electron chi connectivity index (χ2n) is 3.57. The van der Waals surface area contributed by atoms with Crippen molar-refractivity contribution in [3.05, 3.63) is 34.5 Å². The second-order valence-corrected chi connectivity index (χ2v) is 5.16. The van der Waals surface area contributed by atoms with Crippen molar-refractivity contribution in [2.45, 2.75) is 19.6 Å². The lowest BCUT2D eigenvalue weighted by Gasteiger charge is -1.94. The lowest BCUT2D eigenvalue weighted by Crippen LogP contribution is -1.85. The largest absolute Gasteiger partial charge is 0.460 e. The van der Waals surface area contributed by atoms with Crippen LogP contribution in [-0.4, -0.2) is 5.12 Å². The number of halogens is 1. The molecule has 0 unspecified atom stereocenters. The Bertz CT molecular complexity index is 545. The molecule has 0 aliphatic rings. The highest BCUT2D eigenvalue weighted by Gasteiger charge is 2.11. The molecule has 0 spiro atoms. The van der Waals surface area contributed by atoms with Gasteiger partial charge in [0.25, 0.3) is 0 Å². The molecule has 0 atom stereocenters. The van der Waals surface area contributed by atoms with Crippen molar-refractivity contribution >= 4 is 39.4 Å². The van der Waals surface area contributed by atoms with Crippen molar-refractivity contribution in [3.63, 3.8) is 0 Å². The Morgan fingerprint density at radius 1 is 1.50 bits per heavy atom. The molecule has 0 bridgehead atoms. The normalized spacial score (nSPS) is 10.9. The van der Waals surface area contributed by atoms with E-state index in [9.17, 15) is 4.79 Å². The highest BCUT2D eigenvalue weighted by atomic mass is 35.5. The van der Waals surface area contributed by atoms with Crippen molar-refractivity contribution in [3.8, 4) is 0 Å². The van der Waals surface area contributed by atoms with Gasteiger partial charge in [-0.05, 0) is 30.7 Å². The van der Waals surface area contributed by atoms with Crippen LogP contribution in [0.5, 0.6) is 0 Å². The Morgan fingerprint density at radius 2 is 2.25 bits per heavy atom. The quantitative estimate of drug-likeness (QED) is 0.806. The van der Waals surface area contributed by atoms with Crippen LogP contribution in [0.3, 0.4) is 0 Å². The standard InChI is InChI=1S/C12H11ClO2S/c1-7-10-5-9(13)3-4-11(10)15-12(7)6-16-8(2)14/h3-5H,6H2,1-2H3. The van der Waals surface area contributed by atoms with Crippen LogP contribution in [0.4, 0.5) is 0 Å². The molecule has 0 N–H and O–H groups in total. The summed E-state index contributed by atoms with van der Waals surface area (Å²) in [4.78, 5) is 10.9. The summed E-state index contributed by atoms with van der Waals surface area (Å²) in [5.74, 6) is 1.42. The zero-order valence-electron chi connectivity index (χ0n) is 9.04. The molecule has 16 heavy (non-hydrogen) atoms. The number of hydrogen-bond acceptors (Lipinski definition) is 3. The summed E-state index contributed by atoms with van der Waals surface area (Å²) in [7, 11) is 0. The summed E-state index contributed by atoms with van der Waals surface area (Å²) in [5.41, 5.74) is 1.88. The molecular weight excluding hydrogens is 244 g/mol. The second kappa shape index (κ2) is 4.52. The molecule has 1 heterocycles. The monoisotopic (exact) mass is 254 g/mol. The van der Waals surface area contributed by atoms with E-state index in [1.165, 1.54) is 11.8 Å².